The minimum absolute atomic E-state index is 0.0369. The SMILES string of the molecule is CC1CCN(c2ccc(C(=O)OCC(=O)NCCc3ccc4c(c3)OCCO4)cc2[N+](=O)[O-])CC1. The number of benzene rings is 2. The summed E-state index contributed by atoms with van der Waals surface area (Å²) in [7, 11) is 0. The Labute approximate surface area is 203 Å². The Morgan fingerprint density at radius 1 is 1.11 bits per heavy atom. The molecule has 1 fully saturated rings. The smallest absolute Gasteiger partial charge is 0.338 e. The van der Waals surface area contributed by atoms with Crippen LogP contribution in [0.15, 0.2) is 36.4 Å². The van der Waals surface area contributed by atoms with Gasteiger partial charge in [-0.15, -0.1) is 0 Å². The summed E-state index contributed by atoms with van der Waals surface area (Å²) in [6, 6.07) is 9.92. The first-order valence-electron chi connectivity index (χ1n) is 11.8. The molecule has 1 saturated heterocycles. The number of carbonyl (C=O) groups is 2. The van der Waals surface area contributed by atoms with E-state index in [1.165, 1.54) is 12.1 Å². The largest absolute Gasteiger partial charge is 0.486 e. The molecule has 0 unspecified atom stereocenters. The topological polar surface area (TPSA) is 120 Å². The molecule has 0 bridgehead atoms. The second kappa shape index (κ2) is 11.1. The lowest BCUT2D eigenvalue weighted by Gasteiger charge is -2.31. The van der Waals surface area contributed by atoms with Gasteiger partial charge in [-0.05, 0) is 55.0 Å². The molecule has 0 radical (unpaired) electrons. The van der Waals surface area contributed by atoms with Gasteiger partial charge in [-0.3, -0.25) is 14.9 Å². The minimum Gasteiger partial charge on any atom is -0.486 e. The first-order chi connectivity index (χ1) is 16.9. The highest BCUT2D eigenvalue weighted by molar-refractivity contribution is 5.93. The first-order valence-corrected chi connectivity index (χ1v) is 11.8. The molecule has 0 aromatic heterocycles. The number of carbonyl (C=O) groups excluding carboxylic acids is 2. The number of hydrogen-bond donors (Lipinski definition) is 1. The van der Waals surface area contributed by atoms with E-state index >= 15 is 0 Å². The van der Waals surface area contributed by atoms with Gasteiger partial charge >= 0.3 is 5.97 Å². The van der Waals surface area contributed by atoms with Crippen molar-refractivity contribution in [1.29, 1.82) is 0 Å². The molecular weight excluding hydrogens is 454 g/mol. The molecule has 0 atom stereocenters. The van der Waals surface area contributed by atoms with Gasteiger partial charge in [0.05, 0.1) is 10.5 Å². The molecule has 10 nitrogen and oxygen atoms in total. The number of fused-ring (bicyclic) bond motifs is 1. The maximum atomic E-state index is 12.4. The predicted molar refractivity (Wildman–Crippen MR) is 128 cm³/mol. The van der Waals surface area contributed by atoms with Crippen molar-refractivity contribution < 1.29 is 28.7 Å². The average molecular weight is 484 g/mol. The maximum Gasteiger partial charge on any atom is 0.338 e. The molecule has 2 aliphatic heterocycles. The molecular formula is C25H29N3O7. The summed E-state index contributed by atoms with van der Waals surface area (Å²) in [6.07, 6.45) is 2.49. The molecule has 2 aromatic rings. The maximum absolute atomic E-state index is 12.4. The number of piperidine rings is 1. The highest BCUT2D eigenvalue weighted by atomic mass is 16.6. The molecule has 0 aliphatic carbocycles. The van der Waals surface area contributed by atoms with Crippen LogP contribution in [-0.2, 0) is 16.0 Å². The van der Waals surface area contributed by atoms with Gasteiger partial charge in [0.25, 0.3) is 11.6 Å². The van der Waals surface area contributed by atoms with E-state index in [2.05, 4.69) is 12.2 Å². The van der Waals surface area contributed by atoms with Crippen LogP contribution in [0.1, 0.15) is 35.7 Å². The van der Waals surface area contributed by atoms with Crippen LogP contribution in [0.2, 0.25) is 0 Å². The summed E-state index contributed by atoms with van der Waals surface area (Å²) in [6.45, 7) is 4.54. The Hall–Kier alpha value is -3.82. The van der Waals surface area contributed by atoms with Crippen LogP contribution >= 0.6 is 0 Å². The quantitative estimate of drug-likeness (QED) is 0.345. The van der Waals surface area contributed by atoms with E-state index in [0.717, 1.165) is 31.5 Å². The van der Waals surface area contributed by atoms with Crippen LogP contribution in [0.25, 0.3) is 0 Å². The van der Waals surface area contributed by atoms with Crippen LogP contribution in [0.5, 0.6) is 11.5 Å². The molecule has 0 saturated carbocycles. The van der Waals surface area contributed by atoms with E-state index in [0.29, 0.717) is 49.3 Å². The van der Waals surface area contributed by atoms with E-state index in [9.17, 15) is 19.7 Å². The molecule has 0 spiro atoms. The number of hydrogen-bond acceptors (Lipinski definition) is 8. The Morgan fingerprint density at radius 3 is 2.60 bits per heavy atom. The molecule has 4 rings (SSSR count). The number of nitrogens with one attached hydrogen (secondary N) is 1. The van der Waals surface area contributed by atoms with Gasteiger partial charge in [-0.2, -0.15) is 0 Å². The van der Waals surface area contributed by atoms with Crippen molar-refractivity contribution in [3.05, 3.63) is 57.6 Å². The van der Waals surface area contributed by atoms with Gasteiger partial charge < -0.3 is 24.4 Å². The Kier molecular flexibility index (Phi) is 7.69. The van der Waals surface area contributed by atoms with Crippen molar-refractivity contribution >= 4 is 23.3 Å². The Bertz CT molecular complexity index is 1100. The first kappa shape index (κ1) is 24.3. The van der Waals surface area contributed by atoms with Crippen molar-refractivity contribution in [2.24, 2.45) is 5.92 Å². The van der Waals surface area contributed by atoms with Crippen molar-refractivity contribution in [2.45, 2.75) is 26.2 Å². The third-order valence-electron chi connectivity index (χ3n) is 6.21. The van der Waals surface area contributed by atoms with Crippen LogP contribution < -0.4 is 19.7 Å². The van der Waals surface area contributed by atoms with Crippen molar-refractivity contribution in [1.82, 2.24) is 5.32 Å². The van der Waals surface area contributed by atoms with Crippen molar-refractivity contribution in [3.8, 4) is 11.5 Å². The van der Waals surface area contributed by atoms with Gasteiger partial charge in [-0.1, -0.05) is 13.0 Å². The number of amides is 1. The monoisotopic (exact) mass is 483 g/mol. The number of anilines is 1. The van der Waals surface area contributed by atoms with Gasteiger partial charge in [0.15, 0.2) is 18.1 Å². The van der Waals surface area contributed by atoms with Crippen molar-refractivity contribution in [2.75, 3.05) is 44.4 Å². The van der Waals surface area contributed by atoms with Gasteiger partial charge in [0.1, 0.15) is 18.9 Å². The average Bonchev–Trinajstić information content (AvgIpc) is 2.87. The van der Waals surface area contributed by atoms with Crippen LogP contribution in [0, 0.1) is 16.0 Å². The molecule has 2 heterocycles. The molecule has 2 aliphatic rings. The summed E-state index contributed by atoms with van der Waals surface area (Å²) in [5.74, 6) is 0.740. The van der Waals surface area contributed by atoms with Crippen molar-refractivity contribution in [3.63, 3.8) is 0 Å². The molecule has 186 valence electrons. The third kappa shape index (κ3) is 6.20. The zero-order chi connectivity index (χ0) is 24.8. The highest BCUT2D eigenvalue weighted by Gasteiger charge is 2.25. The fourth-order valence-electron chi connectivity index (χ4n) is 4.17. The number of ether oxygens (including phenoxy) is 3. The second-order valence-corrected chi connectivity index (χ2v) is 8.78. The van der Waals surface area contributed by atoms with Crippen LogP contribution in [0.3, 0.4) is 0 Å². The van der Waals surface area contributed by atoms with E-state index in [-0.39, 0.29) is 11.3 Å². The summed E-state index contributed by atoms with van der Waals surface area (Å²) in [5, 5.41) is 14.3. The number of nitro benzene ring substituents is 1. The minimum atomic E-state index is -0.783. The lowest BCUT2D eigenvalue weighted by molar-refractivity contribution is -0.384. The molecule has 10 heteroatoms. The molecule has 2 aromatic carbocycles. The summed E-state index contributed by atoms with van der Waals surface area (Å²) >= 11 is 0. The second-order valence-electron chi connectivity index (χ2n) is 8.78. The Balaban J connectivity index is 1.27. The van der Waals surface area contributed by atoms with Gasteiger partial charge in [0.2, 0.25) is 0 Å². The normalized spacial score (nSPS) is 15.4. The lowest BCUT2D eigenvalue weighted by Crippen LogP contribution is -2.33. The standard InChI is InChI=1S/C25H29N3O7/c1-17-7-10-27(11-8-17)20-4-3-19(15-21(20)28(31)32)25(30)35-16-24(29)26-9-6-18-2-5-22-23(14-18)34-13-12-33-22/h2-5,14-15,17H,6-13,16H2,1H3,(H,26,29). The number of nitro groups is 1. The van der Waals surface area contributed by atoms with E-state index in [1.807, 2.05) is 23.1 Å². The molecule has 1 N–H and O–H groups in total. The highest BCUT2D eigenvalue weighted by Crippen LogP contribution is 2.33. The fourth-order valence-corrected chi connectivity index (χ4v) is 4.17. The third-order valence-corrected chi connectivity index (χ3v) is 6.21. The van der Waals surface area contributed by atoms with Gasteiger partial charge in [-0.25, -0.2) is 4.79 Å². The number of esters is 1. The predicted octanol–water partition coefficient (Wildman–Crippen LogP) is 3.12. The zero-order valence-electron chi connectivity index (χ0n) is 19.7. The summed E-state index contributed by atoms with van der Waals surface area (Å²) < 4.78 is 16.1. The van der Waals surface area contributed by atoms with Crippen LogP contribution in [-0.4, -0.2) is 56.3 Å². The molecule has 35 heavy (non-hydrogen) atoms. The fraction of sp³-hybridized carbons (Fsp3) is 0.440. The number of rotatable bonds is 8. The van der Waals surface area contributed by atoms with Gasteiger partial charge in [0, 0.05) is 25.7 Å². The number of nitrogens with zero attached hydrogens (tertiary/aromatic N) is 2. The van der Waals surface area contributed by atoms with E-state index in [4.69, 9.17) is 14.2 Å². The summed E-state index contributed by atoms with van der Waals surface area (Å²) in [5.41, 5.74) is 1.37. The van der Waals surface area contributed by atoms with Crippen LogP contribution in [0.4, 0.5) is 11.4 Å². The summed E-state index contributed by atoms with van der Waals surface area (Å²) in [4.78, 5) is 37.7. The lowest BCUT2D eigenvalue weighted by atomic mass is 9.98. The van der Waals surface area contributed by atoms with E-state index in [1.54, 1.807) is 6.07 Å². The molecule has 1 amide bonds. The van der Waals surface area contributed by atoms with E-state index < -0.39 is 23.4 Å². The Morgan fingerprint density at radius 2 is 1.86 bits per heavy atom. The zero-order valence-corrected chi connectivity index (χ0v) is 19.7.